The molecule has 0 aromatic rings. The van der Waals surface area contributed by atoms with E-state index in [-0.39, 0.29) is 6.42 Å². The minimum absolute atomic E-state index is 0.172. The number of hydrogen-bond donors (Lipinski definition) is 0. The first-order valence-electron chi connectivity index (χ1n) is 7.74. The molecule has 0 fully saturated rings. The van der Waals surface area contributed by atoms with E-state index in [0.717, 1.165) is 38.5 Å². The molecular weight excluding hydrogens is 264 g/mol. The van der Waals surface area contributed by atoms with Gasteiger partial charge >= 0.3 is 0 Å². The average Bonchev–Trinajstić information content (AvgIpc) is 2.46. The number of hydrogen-bond acceptors (Lipinski definition) is 3. The molecule has 0 aromatic heterocycles. The third kappa shape index (κ3) is 18.2. The summed E-state index contributed by atoms with van der Waals surface area (Å²) < 4.78 is 5.20. The lowest BCUT2D eigenvalue weighted by Crippen LogP contribution is -2.21. The fourth-order valence-electron chi connectivity index (χ4n) is 1.64. The van der Waals surface area contributed by atoms with Crippen molar-refractivity contribution in [1.29, 1.82) is 0 Å². The van der Waals surface area contributed by atoms with Crippen LogP contribution in [0.25, 0.3) is 0 Å². The highest BCUT2D eigenvalue weighted by Gasteiger charge is 1.89. The van der Waals surface area contributed by atoms with Crippen LogP contribution in [-0.4, -0.2) is 5.97 Å². The zero-order valence-electron chi connectivity index (χ0n) is 13.0. The number of carboxylic acids is 1. The summed E-state index contributed by atoms with van der Waals surface area (Å²) in [6.07, 6.45) is 22.4. The number of unbranched alkanes of at least 4 members (excludes halogenated alkanes) is 4. The fraction of sp³-hybridized carbons (Fsp3) is 0.500. The summed E-state index contributed by atoms with van der Waals surface area (Å²) in [5.74, 6) is -0.953. The molecule has 0 aliphatic rings. The Hall–Kier alpha value is -1.77. The molecule has 0 rings (SSSR count). The highest BCUT2D eigenvalue weighted by atomic mass is 16.5. The van der Waals surface area contributed by atoms with Crippen molar-refractivity contribution in [2.24, 2.45) is 0 Å². The summed E-state index contributed by atoms with van der Waals surface area (Å²) >= 11 is 0. The summed E-state index contributed by atoms with van der Waals surface area (Å²) in [6, 6.07) is 0. The molecule has 0 saturated heterocycles. The number of ether oxygens (including phenoxy) is 1. The number of carboxylic acid groups (broad SMARTS) is 1. The average molecular weight is 291 g/mol. The predicted octanol–water partition coefficient (Wildman–Crippen LogP) is 4.03. The summed E-state index contributed by atoms with van der Waals surface area (Å²) in [5.41, 5.74) is 0. The van der Waals surface area contributed by atoms with Gasteiger partial charge in [0.1, 0.15) is 0 Å². The maximum atomic E-state index is 10.2. The van der Waals surface area contributed by atoms with Crippen LogP contribution >= 0.6 is 0 Å². The maximum absolute atomic E-state index is 10.2. The van der Waals surface area contributed by atoms with Gasteiger partial charge in [-0.25, -0.2) is 0 Å². The number of carbonyl (C=O) groups excluding carboxylic acids is 1. The van der Waals surface area contributed by atoms with Crippen molar-refractivity contribution in [3.8, 4) is 0 Å². The Morgan fingerprint density at radius 2 is 1.76 bits per heavy atom. The number of allylic oxidation sites excluding steroid dienone is 6. The van der Waals surface area contributed by atoms with Crippen molar-refractivity contribution < 1.29 is 14.6 Å². The quantitative estimate of drug-likeness (QED) is 0.223. The van der Waals surface area contributed by atoms with Crippen LogP contribution in [0.1, 0.15) is 58.3 Å². The van der Waals surface area contributed by atoms with E-state index in [2.05, 4.69) is 25.2 Å². The molecule has 0 aromatic carbocycles. The van der Waals surface area contributed by atoms with Crippen molar-refractivity contribution in [1.82, 2.24) is 0 Å². The van der Waals surface area contributed by atoms with E-state index in [1.165, 1.54) is 0 Å². The van der Waals surface area contributed by atoms with Crippen LogP contribution in [0, 0.1) is 0 Å². The Bertz CT molecular complexity index is 351. The van der Waals surface area contributed by atoms with E-state index in [1.807, 2.05) is 18.2 Å². The Morgan fingerprint density at radius 3 is 2.52 bits per heavy atom. The van der Waals surface area contributed by atoms with Crippen molar-refractivity contribution in [2.45, 2.75) is 58.3 Å². The van der Waals surface area contributed by atoms with Crippen LogP contribution in [0.2, 0.25) is 0 Å². The Balaban J connectivity index is 3.35. The van der Waals surface area contributed by atoms with E-state index in [1.54, 1.807) is 12.5 Å². The van der Waals surface area contributed by atoms with Gasteiger partial charge < -0.3 is 14.6 Å². The van der Waals surface area contributed by atoms with E-state index in [0.29, 0.717) is 6.42 Å². The zero-order valence-corrected chi connectivity index (χ0v) is 13.0. The van der Waals surface area contributed by atoms with Crippen molar-refractivity contribution in [2.75, 3.05) is 0 Å². The minimum Gasteiger partial charge on any atom is -0.550 e. The molecule has 0 N–H and O–H groups in total. The molecular formula is C18H27O3-. The SMILES string of the molecule is CC/C=C\C/C=C\C=C\O/C=C/CCCCCCC(=O)[O-]. The van der Waals surface area contributed by atoms with Crippen LogP contribution in [0.3, 0.4) is 0 Å². The second-order valence-electron chi connectivity index (χ2n) is 4.70. The van der Waals surface area contributed by atoms with Crippen molar-refractivity contribution in [3.05, 3.63) is 49.0 Å². The maximum Gasteiger partial charge on any atom is 0.0901 e. The second-order valence-corrected chi connectivity index (χ2v) is 4.70. The number of carbonyl (C=O) groups is 1. The lowest BCUT2D eigenvalue weighted by atomic mass is 10.1. The monoisotopic (exact) mass is 291 g/mol. The lowest BCUT2D eigenvalue weighted by molar-refractivity contribution is -0.305. The number of rotatable bonds is 13. The summed E-state index contributed by atoms with van der Waals surface area (Å²) in [6.45, 7) is 2.12. The third-order valence-electron chi connectivity index (χ3n) is 2.76. The van der Waals surface area contributed by atoms with Crippen LogP contribution < -0.4 is 5.11 Å². The molecule has 0 radical (unpaired) electrons. The third-order valence-corrected chi connectivity index (χ3v) is 2.76. The Kier molecular flexibility index (Phi) is 14.9. The highest BCUT2D eigenvalue weighted by molar-refractivity contribution is 5.63. The van der Waals surface area contributed by atoms with Gasteiger partial charge in [-0.1, -0.05) is 44.1 Å². The molecule has 3 nitrogen and oxygen atoms in total. The smallest absolute Gasteiger partial charge is 0.0901 e. The molecule has 0 atom stereocenters. The van der Waals surface area contributed by atoms with Gasteiger partial charge in [0.15, 0.2) is 0 Å². The Morgan fingerprint density at radius 1 is 0.952 bits per heavy atom. The molecule has 21 heavy (non-hydrogen) atoms. The molecule has 0 saturated carbocycles. The highest BCUT2D eigenvalue weighted by Crippen LogP contribution is 2.05. The molecule has 118 valence electrons. The van der Waals surface area contributed by atoms with Gasteiger partial charge in [-0.3, -0.25) is 0 Å². The van der Waals surface area contributed by atoms with Gasteiger partial charge in [0.05, 0.1) is 12.5 Å². The van der Waals surface area contributed by atoms with Gasteiger partial charge in [-0.05, 0) is 50.7 Å². The van der Waals surface area contributed by atoms with E-state index in [4.69, 9.17) is 4.74 Å². The minimum atomic E-state index is -0.953. The summed E-state index contributed by atoms with van der Waals surface area (Å²) in [5, 5.41) is 10.2. The van der Waals surface area contributed by atoms with E-state index in [9.17, 15) is 9.90 Å². The van der Waals surface area contributed by atoms with Crippen molar-refractivity contribution in [3.63, 3.8) is 0 Å². The molecule has 0 aliphatic carbocycles. The van der Waals surface area contributed by atoms with Gasteiger partial charge in [-0.2, -0.15) is 0 Å². The van der Waals surface area contributed by atoms with E-state index < -0.39 is 5.97 Å². The Labute approximate surface area is 128 Å². The van der Waals surface area contributed by atoms with Crippen LogP contribution in [0.5, 0.6) is 0 Å². The van der Waals surface area contributed by atoms with Gasteiger partial charge in [0.2, 0.25) is 0 Å². The molecule has 0 amide bonds. The first-order chi connectivity index (χ1) is 10.3. The lowest BCUT2D eigenvalue weighted by Gasteiger charge is -2.00. The summed E-state index contributed by atoms with van der Waals surface area (Å²) in [4.78, 5) is 10.2. The molecule has 3 heteroatoms. The molecule has 0 unspecified atom stereocenters. The van der Waals surface area contributed by atoms with Gasteiger partial charge in [0.25, 0.3) is 0 Å². The van der Waals surface area contributed by atoms with Gasteiger partial charge in [0, 0.05) is 5.97 Å². The summed E-state index contributed by atoms with van der Waals surface area (Å²) in [7, 11) is 0. The van der Waals surface area contributed by atoms with E-state index >= 15 is 0 Å². The van der Waals surface area contributed by atoms with Crippen molar-refractivity contribution >= 4 is 5.97 Å². The van der Waals surface area contributed by atoms with Crippen LogP contribution in [-0.2, 0) is 9.53 Å². The molecule has 0 bridgehead atoms. The van der Waals surface area contributed by atoms with Gasteiger partial charge in [-0.15, -0.1) is 0 Å². The standard InChI is InChI=1S/C18H28O3/c1-2-3-4-5-7-10-13-16-21-17-14-11-8-6-9-12-15-18(19)20/h3-4,7,10,13-14,16-17H,2,5-6,8-9,11-12,15H2,1H3,(H,19,20)/p-1/b4-3-,10-7-,16-13+,17-14+. The van der Waals surface area contributed by atoms with Crippen LogP contribution in [0.15, 0.2) is 49.0 Å². The number of aliphatic carboxylic acids is 1. The second kappa shape index (κ2) is 16.3. The first kappa shape index (κ1) is 19.2. The molecule has 0 heterocycles. The zero-order chi connectivity index (χ0) is 15.6. The molecule has 0 spiro atoms. The predicted molar refractivity (Wildman–Crippen MR) is 85.3 cm³/mol. The normalized spacial score (nSPS) is 12.2. The largest absolute Gasteiger partial charge is 0.550 e. The van der Waals surface area contributed by atoms with Crippen LogP contribution in [0.4, 0.5) is 0 Å². The first-order valence-corrected chi connectivity index (χ1v) is 7.74. The molecule has 0 aliphatic heterocycles. The fourth-order valence-corrected chi connectivity index (χ4v) is 1.64. The topological polar surface area (TPSA) is 49.4 Å².